The van der Waals surface area contributed by atoms with E-state index in [0.717, 1.165) is 11.5 Å². The van der Waals surface area contributed by atoms with E-state index < -0.39 is 0 Å². The molecule has 0 aliphatic heterocycles. The maximum Gasteiger partial charge on any atom is 0.228 e. The number of pyridine rings is 1. The molecule has 19 heavy (non-hydrogen) atoms. The predicted molar refractivity (Wildman–Crippen MR) is 72.8 cm³/mol. The van der Waals surface area contributed by atoms with E-state index in [0.29, 0.717) is 22.0 Å². The number of hydrogen-bond donors (Lipinski definition) is 0. The van der Waals surface area contributed by atoms with Crippen LogP contribution in [0.15, 0.2) is 18.3 Å². The van der Waals surface area contributed by atoms with Crippen LogP contribution in [0.2, 0.25) is 0 Å². The molecule has 0 spiro atoms. The maximum atomic E-state index is 12.5. The molecule has 2 aromatic heterocycles. The highest BCUT2D eigenvalue weighted by atomic mass is 32.1. The number of methoxy groups -OCH3 is 1. The van der Waals surface area contributed by atoms with E-state index in [-0.39, 0.29) is 11.2 Å². The Hall–Kier alpha value is -1.82. The first-order valence-electron chi connectivity index (χ1n) is 5.81. The van der Waals surface area contributed by atoms with Crippen molar-refractivity contribution in [2.45, 2.75) is 26.2 Å². The Labute approximate surface area is 115 Å². The summed E-state index contributed by atoms with van der Waals surface area (Å²) in [6.07, 6.45) is 1.57. The average Bonchev–Trinajstić information content (AvgIpc) is 2.87. The second kappa shape index (κ2) is 5.05. The summed E-state index contributed by atoms with van der Waals surface area (Å²) in [6.45, 7) is 5.99. The molecular formula is C13H15N3O2S. The van der Waals surface area contributed by atoms with Gasteiger partial charge in [-0.05, 0) is 23.7 Å². The van der Waals surface area contributed by atoms with Gasteiger partial charge in [0.25, 0.3) is 0 Å². The third-order valence-corrected chi connectivity index (χ3v) is 3.33. The zero-order valence-corrected chi connectivity index (χ0v) is 12.1. The predicted octanol–water partition coefficient (Wildman–Crippen LogP) is 2.47. The van der Waals surface area contributed by atoms with Crippen LogP contribution in [0.5, 0.6) is 5.75 Å². The maximum absolute atomic E-state index is 12.5. The van der Waals surface area contributed by atoms with Gasteiger partial charge in [-0.1, -0.05) is 25.3 Å². The molecule has 6 heteroatoms. The summed E-state index contributed by atoms with van der Waals surface area (Å²) < 4.78 is 9.06. The molecule has 0 unspecified atom stereocenters. The first-order chi connectivity index (χ1) is 8.95. The summed E-state index contributed by atoms with van der Waals surface area (Å²) in [6, 6.07) is 3.44. The van der Waals surface area contributed by atoms with Gasteiger partial charge in [0, 0.05) is 11.6 Å². The second-order valence-electron chi connectivity index (χ2n) is 5.08. The lowest BCUT2D eigenvalue weighted by Gasteiger charge is -2.16. The molecule has 0 radical (unpaired) electrons. The molecule has 100 valence electrons. The molecule has 0 bridgehead atoms. The van der Waals surface area contributed by atoms with Gasteiger partial charge in [0.2, 0.25) is 5.78 Å². The Kier molecular flexibility index (Phi) is 3.61. The van der Waals surface area contributed by atoms with E-state index in [2.05, 4.69) is 14.6 Å². The molecule has 0 N–H and O–H groups in total. The van der Waals surface area contributed by atoms with Gasteiger partial charge in [0.1, 0.15) is 10.6 Å². The SMILES string of the molecule is COc1cccnc1C(=O)c1snnc1C(C)(C)C. The Morgan fingerprint density at radius 3 is 2.74 bits per heavy atom. The van der Waals surface area contributed by atoms with E-state index in [4.69, 9.17) is 4.74 Å². The minimum Gasteiger partial charge on any atom is -0.494 e. The van der Waals surface area contributed by atoms with Crippen LogP contribution < -0.4 is 4.74 Å². The van der Waals surface area contributed by atoms with Crippen LogP contribution in [0.4, 0.5) is 0 Å². The molecule has 0 fully saturated rings. The summed E-state index contributed by atoms with van der Waals surface area (Å²) in [4.78, 5) is 17.2. The largest absolute Gasteiger partial charge is 0.494 e. The van der Waals surface area contributed by atoms with Crippen LogP contribution in [-0.2, 0) is 5.41 Å². The van der Waals surface area contributed by atoms with Gasteiger partial charge in [-0.25, -0.2) is 4.98 Å². The smallest absolute Gasteiger partial charge is 0.228 e. The van der Waals surface area contributed by atoms with Gasteiger partial charge in [-0.2, -0.15) is 0 Å². The number of rotatable bonds is 3. The van der Waals surface area contributed by atoms with Crippen molar-refractivity contribution in [2.24, 2.45) is 0 Å². The fourth-order valence-electron chi connectivity index (χ4n) is 1.66. The van der Waals surface area contributed by atoms with Gasteiger partial charge < -0.3 is 4.74 Å². The summed E-state index contributed by atoms with van der Waals surface area (Å²) in [5.74, 6) is 0.262. The van der Waals surface area contributed by atoms with Crippen molar-refractivity contribution in [1.29, 1.82) is 0 Å². The van der Waals surface area contributed by atoms with E-state index in [1.165, 1.54) is 7.11 Å². The normalized spacial score (nSPS) is 11.4. The monoisotopic (exact) mass is 277 g/mol. The topological polar surface area (TPSA) is 65.0 Å². The van der Waals surface area contributed by atoms with Crippen molar-refractivity contribution in [3.8, 4) is 5.75 Å². The van der Waals surface area contributed by atoms with Crippen molar-refractivity contribution in [1.82, 2.24) is 14.6 Å². The minimum atomic E-state index is -0.236. The van der Waals surface area contributed by atoms with E-state index in [1.54, 1.807) is 18.3 Å². The fraction of sp³-hybridized carbons (Fsp3) is 0.385. The second-order valence-corrected chi connectivity index (χ2v) is 5.84. The van der Waals surface area contributed by atoms with Crippen molar-refractivity contribution in [3.05, 3.63) is 34.6 Å². The van der Waals surface area contributed by atoms with Crippen molar-refractivity contribution >= 4 is 17.3 Å². The third kappa shape index (κ3) is 2.63. The van der Waals surface area contributed by atoms with Crippen molar-refractivity contribution < 1.29 is 9.53 Å². The van der Waals surface area contributed by atoms with Crippen LogP contribution in [0.25, 0.3) is 0 Å². The van der Waals surface area contributed by atoms with Gasteiger partial charge in [0.05, 0.1) is 12.8 Å². The molecule has 2 rings (SSSR count). The molecule has 0 saturated heterocycles. The number of ketones is 1. The molecule has 0 saturated carbocycles. The molecule has 5 nitrogen and oxygen atoms in total. The number of ether oxygens (including phenoxy) is 1. The van der Waals surface area contributed by atoms with E-state index >= 15 is 0 Å². The van der Waals surface area contributed by atoms with Crippen LogP contribution in [0, 0.1) is 0 Å². The summed E-state index contributed by atoms with van der Waals surface area (Å²) in [7, 11) is 1.52. The lowest BCUT2D eigenvalue weighted by molar-refractivity contribution is 0.103. The van der Waals surface area contributed by atoms with Gasteiger partial charge in [-0.15, -0.1) is 5.10 Å². The zero-order valence-electron chi connectivity index (χ0n) is 11.3. The summed E-state index contributed by atoms with van der Waals surface area (Å²) >= 11 is 1.09. The third-order valence-electron chi connectivity index (χ3n) is 2.61. The highest BCUT2D eigenvalue weighted by molar-refractivity contribution is 7.08. The first kappa shape index (κ1) is 13.6. The molecule has 0 aromatic carbocycles. The summed E-state index contributed by atoms with van der Waals surface area (Å²) in [5.41, 5.74) is 0.747. The number of aromatic nitrogens is 3. The number of nitrogens with zero attached hydrogens (tertiary/aromatic N) is 3. The standard InChI is InChI=1S/C13H15N3O2S/c1-13(2,3)12-11(19-16-15-12)10(17)9-8(18-4)6-5-7-14-9/h5-7H,1-4H3. The highest BCUT2D eigenvalue weighted by Crippen LogP contribution is 2.29. The molecule has 0 aliphatic rings. The molecular weight excluding hydrogens is 262 g/mol. The first-order valence-corrected chi connectivity index (χ1v) is 6.59. The lowest BCUT2D eigenvalue weighted by atomic mass is 9.90. The number of carbonyl (C=O) groups is 1. The lowest BCUT2D eigenvalue weighted by Crippen LogP contribution is -2.17. The van der Waals surface area contributed by atoms with Gasteiger partial charge in [-0.3, -0.25) is 4.79 Å². The van der Waals surface area contributed by atoms with Crippen LogP contribution in [0.3, 0.4) is 0 Å². The molecule has 0 aliphatic carbocycles. The average molecular weight is 277 g/mol. The van der Waals surface area contributed by atoms with Crippen molar-refractivity contribution in [3.63, 3.8) is 0 Å². The number of hydrogen-bond acceptors (Lipinski definition) is 6. The van der Waals surface area contributed by atoms with Crippen LogP contribution in [0.1, 0.15) is 41.8 Å². The fourth-order valence-corrected chi connectivity index (χ4v) is 2.48. The molecule has 2 aromatic rings. The molecule has 2 heterocycles. The van der Waals surface area contributed by atoms with E-state index in [1.807, 2.05) is 20.8 Å². The number of carbonyl (C=O) groups excluding carboxylic acids is 1. The van der Waals surface area contributed by atoms with Crippen LogP contribution >= 0.6 is 11.5 Å². The Bertz CT molecular complexity index is 602. The van der Waals surface area contributed by atoms with E-state index in [9.17, 15) is 4.79 Å². The zero-order chi connectivity index (χ0) is 14.0. The molecule has 0 atom stereocenters. The van der Waals surface area contributed by atoms with Crippen molar-refractivity contribution in [2.75, 3.05) is 7.11 Å². The highest BCUT2D eigenvalue weighted by Gasteiger charge is 2.28. The Morgan fingerprint density at radius 1 is 1.37 bits per heavy atom. The van der Waals surface area contributed by atoms with Gasteiger partial charge >= 0.3 is 0 Å². The Balaban J connectivity index is 2.49. The molecule has 0 amide bonds. The summed E-state index contributed by atoms with van der Waals surface area (Å²) in [5, 5.41) is 4.07. The Morgan fingerprint density at radius 2 is 2.11 bits per heavy atom. The van der Waals surface area contributed by atoms with Gasteiger partial charge in [0.15, 0.2) is 5.69 Å². The minimum absolute atomic E-state index is 0.197. The quantitative estimate of drug-likeness (QED) is 0.806. The van der Waals surface area contributed by atoms with Crippen LogP contribution in [-0.4, -0.2) is 27.5 Å².